The van der Waals surface area contributed by atoms with E-state index in [0.29, 0.717) is 0 Å². The van der Waals surface area contributed by atoms with Crippen LogP contribution in [0.5, 0.6) is 0 Å². The van der Waals surface area contributed by atoms with Gasteiger partial charge in [-0.05, 0) is 0 Å². The van der Waals surface area contributed by atoms with Crippen molar-refractivity contribution in [1.29, 1.82) is 0 Å². The molecular weight excluding hydrogens is 179 g/mol. The fourth-order valence-corrected chi connectivity index (χ4v) is 0. The second kappa shape index (κ2) is 19.4. The van der Waals surface area contributed by atoms with Crippen LogP contribution < -0.4 is 0 Å². The van der Waals surface area contributed by atoms with Crippen molar-refractivity contribution in [2.75, 3.05) is 0 Å². The van der Waals surface area contributed by atoms with Crippen LogP contribution >= 0.6 is 0 Å². The van der Waals surface area contributed by atoms with Gasteiger partial charge in [0.25, 0.3) is 0 Å². The minimum absolute atomic E-state index is 0. The number of rotatable bonds is 0. The summed E-state index contributed by atoms with van der Waals surface area (Å²) in [6.45, 7) is 0. The van der Waals surface area contributed by atoms with E-state index in [0.717, 1.165) is 0 Å². The quantitative estimate of drug-likeness (QED) is 0.434. The first-order valence-electron chi connectivity index (χ1n) is 0. The van der Waals surface area contributed by atoms with E-state index in [1.54, 1.807) is 0 Å². The monoisotopic (exact) mass is 179 g/mol. The molecule has 0 bridgehead atoms. The Morgan fingerprint density at radius 1 is 0.750 bits per heavy atom. The van der Waals surface area contributed by atoms with Gasteiger partial charge in [-0.25, -0.2) is 0 Å². The third-order valence-electron chi connectivity index (χ3n) is 0. The van der Waals surface area contributed by atoms with Gasteiger partial charge < -0.3 is 0 Å². The van der Waals surface area contributed by atoms with E-state index in [-0.39, 0.29) is 68.9 Å². The van der Waals surface area contributed by atoms with Crippen molar-refractivity contribution in [3.8, 4) is 0 Å². The first-order chi connectivity index (χ1) is 0. The molecule has 1 radical (unpaired) electrons. The molecular formula is HLiMnNi2. The zero-order chi connectivity index (χ0) is 0. The molecule has 0 aromatic rings. The molecule has 0 amide bonds. The van der Waals surface area contributed by atoms with Crippen molar-refractivity contribution >= 4 is 18.9 Å². The van der Waals surface area contributed by atoms with Gasteiger partial charge in [0.05, 0.1) is 0 Å². The van der Waals surface area contributed by atoms with E-state index >= 15 is 0 Å². The van der Waals surface area contributed by atoms with E-state index in [9.17, 15) is 0 Å². The van der Waals surface area contributed by atoms with E-state index in [2.05, 4.69) is 0 Å². The predicted molar refractivity (Wildman–Crippen MR) is 7.15 cm³/mol. The van der Waals surface area contributed by atoms with Gasteiger partial charge in [0, 0.05) is 50.1 Å². The van der Waals surface area contributed by atoms with Crippen LogP contribution in [0.4, 0.5) is 0 Å². The molecule has 0 aliphatic heterocycles. The number of hydrogen-bond acceptors (Lipinski definition) is 0. The van der Waals surface area contributed by atoms with Crippen LogP contribution in [0.2, 0.25) is 0 Å². The molecule has 0 heterocycles. The molecule has 0 rings (SSSR count). The van der Waals surface area contributed by atoms with Gasteiger partial charge in [-0.2, -0.15) is 0 Å². The van der Waals surface area contributed by atoms with Gasteiger partial charge >= 0.3 is 18.9 Å². The molecule has 0 aliphatic rings. The molecule has 0 saturated heterocycles. The molecule has 0 unspecified atom stereocenters. The smallest absolute Gasteiger partial charge is 0 e. The third-order valence-corrected chi connectivity index (χ3v) is 0. The SMILES string of the molecule is [LiH].[Mn].[Ni].[Ni]. The first-order valence-corrected chi connectivity index (χ1v) is 0. The maximum Gasteiger partial charge on any atom is 0 e. The van der Waals surface area contributed by atoms with Crippen molar-refractivity contribution in [3.63, 3.8) is 0 Å². The zero-order valence-corrected chi connectivity index (χ0v) is 4.17. The van der Waals surface area contributed by atoms with Crippen molar-refractivity contribution in [2.45, 2.75) is 0 Å². The van der Waals surface area contributed by atoms with Crippen molar-refractivity contribution < 1.29 is 50.1 Å². The average molecular weight is 180 g/mol. The fraction of sp³-hybridized carbons (Fsp3) is 0. The fourth-order valence-electron chi connectivity index (χ4n) is 0. The van der Waals surface area contributed by atoms with Gasteiger partial charge in [-0.3, -0.25) is 0 Å². The number of hydrogen-bond donors (Lipinski definition) is 0. The maximum atomic E-state index is 0. The molecule has 0 N–H and O–H groups in total. The Bertz CT molecular complexity index is 6.00. The molecule has 0 saturated carbocycles. The van der Waals surface area contributed by atoms with E-state index in [1.807, 2.05) is 0 Å². The molecule has 0 nitrogen and oxygen atoms in total. The van der Waals surface area contributed by atoms with E-state index in [1.165, 1.54) is 0 Å². The van der Waals surface area contributed by atoms with Crippen LogP contribution in [0.1, 0.15) is 0 Å². The standard InChI is InChI=1S/Li.Mn.2Ni.H. The molecule has 0 aliphatic carbocycles. The van der Waals surface area contributed by atoms with Gasteiger partial charge in [0.1, 0.15) is 0 Å². The van der Waals surface area contributed by atoms with Crippen molar-refractivity contribution in [3.05, 3.63) is 0 Å². The summed E-state index contributed by atoms with van der Waals surface area (Å²) in [5.41, 5.74) is 0. The van der Waals surface area contributed by atoms with Crippen LogP contribution in [0.15, 0.2) is 0 Å². The largest absolute Gasteiger partial charge is 0 e. The maximum absolute atomic E-state index is 0. The molecule has 0 aromatic carbocycles. The van der Waals surface area contributed by atoms with E-state index < -0.39 is 0 Å². The molecule has 29 valence electrons. The molecule has 4 heteroatoms. The molecule has 0 aromatic heterocycles. The minimum Gasteiger partial charge on any atom is 0 e. The normalized spacial score (nSPS) is 0. The van der Waals surface area contributed by atoms with Crippen LogP contribution in [0.25, 0.3) is 0 Å². The predicted octanol–water partition coefficient (Wildman–Crippen LogP) is -0.656. The van der Waals surface area contributed by atoms with Crippen molar-refractivity contribution in [2.24, 2.45) is 0 Å². The van der Waals surface area contributed by atoms with Crippen LogP contribution in [0.3, 0.4) is 0 Å². The Kier molecular flexibility index (Phi) is 174. The third kappa shape index (κ3) is 8.93. The van der Waals surface area contributed by atoms with Crippen LogP contribution in [0, 0.1) is 0 Å². The Hall–Kier alpha value is 2.10. The summed E-state index contributed by atoms with van der Waals surface area (Å²) >= 11 is 0. The first kappa shape index (κ1) is 35.9. The van der Waals surface area contributed by atoms with Crippen LogP contribution in [-0.2, 0) is 50.1 Å². The van der Waals surface area contributed by atoms with Gasteiger partial charge in [0.2, 0.25) is 0 Å². The van der Waals surface area contributed by atoms with Gasteiger partial charge in [-0.15, -0.1) is 0 Å². The zero-order valence-electron chi connectivity index (χ0n) is 1.01. The summed E-state index contributed by atoms with van der Waals surface area (Å²) in [4.78, 5) is 0. The van der Waals surface area contributed by atoms with Gasteiger partial charge in [-0.1, -0.05) is 0 Å². The summed E-state index contributed by atoms with van der Waals surface area (Å²) in [5, 5.41) is 0. The summed E-state index contributed by atoms with van der Waals surface area (Å²) < 4.78 is 0. The Balaban J connectivity index is 0. The summed E-state index contributed by atoms with van der Waals surface area (Å²) in [6, 6.07) is 0. The second-order valence-electron chi connectivity index (χ2n) is 0. The average Bonchev–Trinajstić information content (AvgIpc) is 0. The topological polar surface area (TPSA) is 0 Å². The second-order valence-corrected chi connectivity index (χ2v) is 0. The van der Waals surface area contributed by atoms with Crippen LogP contribution in [-0.4, -0.2) is 18.9 Å². The Labute approximate surface area is 68.4 Å². The molecule has 4 heavy (non-hydrogen) atoms. The molecule has 0 fully saturated rings. The van der Waals surface area contributed by atoms with E-state index in [4.69, 9.17) is 0 Å². The minimum atomic E-state index is 0. The van der Waals surface area contributed by atoms with Gasteiger partial charge in [0.15, 0.2) is 0 Å². The summed E-state index contributed by atoms with van der Waals surface area (Å²) in [5.74, 6) is 0. The molecule has 0 spiro atoms. The Morgan fingerprint density at radius 3 is 0.750 bits per heavy atom. The Morgan fingerprint density at radius 2 is 0.750 bits per heavy atom. The summed E-state index contributed by atoms with van der Waals surface area (Å²) in [6.07, 6.45) is 0. The molecule has 0 atom stereocenters. The summed E-state index contributed by atoms with van der Waals surface area (Å²) in [7, 11) is 0. The van der Waals surface area contributed by atoms with Crippen molar-refractivity contribution in [1.82, 2.24) is 0 Å².